The first-order valence-electron chi connectivity index (χ1n) is 6.16. The van der Waals surface area contributed by atoms with Gasteiger partial charge in [0.15, 0.2) is 0 Å². The van der Waals surface area contributed by atoms with Crippen LogP contribution in [-0.4, -0.2) is 7.11 Å². The Kier molecular flexibility index (Phi) is 3.07. The van der Waals surface area contributed by atoms with E-state index >= 15 is 0 Å². The molecule has 1 heterocycles. The molecule has 0 radical (unpaired) electrons. The van der Waals surface area contributed by atoms with E-state index in [4.69, 9.17) is 9.15 Å². The minimum Gasteiger partial charge on any atom is -0.497 e. The van der Waals surface area contributed by atoms with Crippen LogP contribution in [0.1, 0.15) is 11.3 Å². The fourth-order valence-electron chi connectivity index (χ4n) is 1.99. The van der Waals surface area contributed by atoms with E-state index < -0.39 is 0 Å². The molecule has 94 valence electrons. The van der Waals surface area contributed by atoms with Crippen LogP contribution in [0.25, 0.3) is 23.1 Å². The van der Waals surface area contributed by atoms with E-state index in [0.717, 1.165) is 28.0 Å². The zero-order chi connectivity index (χ0) is 13.1. The molecule has 0 atom stereocenters. The highest BCUT2D eigenvalue weighted by molar-refractivity contribution is 5.83. The Labute approximate surface area is 111 Å². The second kappa shape index (κ2) is 5.02. The Hall–Kier alpha value is -2.48. The van der Waals surface area contributed by atoms with Crippen molar-refractivity contribution in [2.45, 2.75) is 0 Å². The molecule has 0 aliphatic rings. The van der Waals surface area contributed by atoms with Gasteiger partial charge in [0.25, 0.3) is 0 Å². The smallest absolute Gasteiger partial charge is 0.135 e. The molecule has 0 saturated carbocycles. The molecular formula is C17H14O2. The number of fused-ring (bicyclic) bond motifs is 1. The molecule has 0 bridgehead atoms. The van der Waals surface area contributed by atoms with Crippen molar-refractivity contribution in [3.05, 3.63) is 65.9 Å². The van der Waals surface area contributed by atoms with Gasteiger partial charge in [0.05, 0.1) is 7.11 Å². The van der Waals surface area contributed by atoms with E-state index in [1.807, 2.05) is 54.6 Å². The van der Waals surface area contributed by atoms with Crippen LogP contribution in [0.4, 0.5) is 0 Å². The van der Waals surface area contributed by atoms with Crippen molar-refractivity contribution < 1.29 is 9.15 Å². The minimum atomic E-state index is 0.840. The SMILES string of the molecule is COc1ccc2oc(C=Cc3ccccc3)cc2c1. The Morgan fingerprint density at radius 2 is 1.79 bits per heavy atom. The molecule has 3 rings (SSSR count). The second-order valence-electron chi connectivity index (χ2n) is 4.30. The second-order valence-corrected chi connectivity index (χ2v) is 4.30. The topological polar surface area (TPSA) is 22.4 Å². The Morgan fingerprint density at radius 3 is 2.58 bits per heavy atom. The molecule has 2 aromatic carbocycles. The Balaban J connectivity index is 1.91. The molecule has 19 heavy (non-hydrogen) atoms. The number of furan rings is 1. The molecule has 0 fully saturated rings. The summed E-state index contributed by atoms with van der Waals surface area (Å²) in [6.07, 6.45) is 4.01. The summed E-state index contributed by atoms with van der Waals surface area (Å²) in [5, 5.41) is 1.05. The highest BCUT2D eigenvalue weighted by Gasteiger charge is 2.02. The van der Waals surface area contributed by atoms with Crippen molar-refractivity contribution in [1.29, 1.82) is 0 Å². The fraction of sp³-hybridized carbons (Fsp3) is 0.0588. The third kappa shape index (κ3) is 2.52. The first-order valence-corrected chi connectivity index (χ1v) is 6.16. The maximum absolute atomic E-state index is 5.75. The largest absolute Gasteiger partial charge is 0.497 e. The van der Waals surface area contributed by atoms with Gasteiger partial charge in [-0.1, -0.05) is 36.4 Å². The lowest BCUT2D eigenvalue weighted by atomic mass is 10.2. The molecule has 0 saturated heterocycles. The van der Waals surface area contributed by atoms with Gasteiger partial charge in [0.2, 0.25) is 0 Å². The van der Waals surface area contributed by atoms with Gasteiger partial charge in [0.1, 0.15) is 17.1 Å². The molecule has 0 unspecified atom stereocenters. The summed E-state index contributed by atoms with van der Waals surface area (Å²) in [5.41, 5.74) is 2.02. The van der Waals surface area contributed by atoms with Crippen LogP contribution in [0.3, 0.4) is 0 Å². The molecule has 0 spiro atoms. The van der Waals surface area contributed by atoms with E-state index in [1.165, 1.54) is 0 Å². The van der Waals surface area contributed by atoms with E-state index in [1.54, 1.807) is 7.11 Å². The summed E-state index contributed by atoms with van der Waals surface area (Å²) in [4.78, 5) is 0. The first kappa shape index (κ1) is 11.6. The predicted molar refractivity (Wildman–Crippen MR) is 78.1 cm³/mol. The van der Waals surface area contributed by atoms with Crippen LogP contribution in [0.2, 0.25) is 0 Å². The van der Waals surface area contributed by atoms with Crippen molar-refractivity contribution in [1.82, 2.24) is 0 Å². The standard InChI is InChI=1S/C17H14O2/c1-18-15-9-10-17-14(11-15)12-16(19-17)8-7-13-5-3-2-4-6-13/h2-12H,1H3. The monoisotopic (exact) mass is 250 g/mol. The van der Waals surface area contributed by atoms with E-state index in [9.17, 15) is 0 Å². The van der Waals surface area contributed by atoms with E-state index in [-0.39, 0.29) is 0 Å². The predicted octanol–water partition coefficient (Wildman–Crippen LogP) is 4.61. The molecule has 1 aromatic heterocycles. The molecule has 3 aromatic rings. The number of rotatable bonds is 3. The van der Waals surface area contributed by atoms with E-state index in [0.29, 0.717) is 0 Å². The molecule has 2 nitrogen and oxygen atoms in total. The zero-order valence-corrected chi connectivity index (χ0v) is 10.7. The van der Waals surface area contributed by atoms with Crippen molar-refractivity contribution >= 4 is 23.1 Å². The lowest BCUT2D eigenvalue weighted by molar-refractivity contribution is 0.415. The van der Waals surface area contributed by atoms with Gasteiger partial charge >= 0.3 is 0 Å². The molecule has 0 aliphatic carbocycles. The van der Waals surface area contributed by atoms with Crippen molar-refractivity contribution in [3.63, 3.8) is 0 Å². The lowest BCUT2D eigenvalue weighted by Gasteiger charge is -1.96. The van der Waals surface area contributed by atoms with Crippen LogP contribution >= 0.6 is 0 Å². The van der Waals surface area contributed by atoms with Gasteiger partial charge in [-0.15, -0.1) is 0 Å². The maximum atomic E-state index is 5.75. The van der Waals surface area contributed by atoms with Gasteiger partial charge in [-0.25, -0.2) is 0 Å². The fourth-order valence-corrected chi connectivity index (χ4v) is 1.99. The minimum absolute atomic E-state index is 0.840. The Bertz CT molecular complexity index is 708. The van der Waals surface area contributed by atoms with Crippen LogP contribution in [0.15, 0.2) is 59.0 Å². The summed E-state index contributed by atoms with van der Waals surface area (Å²) in [6, 6.07) is 18.0. The maximum Gasteiger partial charge on any atom is 0.135 e. The molecule has 0 amide bonds. The number of ether oxygens (including phenoxy) is 1. The quantitative estimate of drug-likeness (QED) is 0.677. The molecular weight excluding hydrogens is 236 g/mol. The van der Waals surface area contributed by atoms with Crippen molar-refractivity contribution in [2.24, 2.45) is 0 Å². The van der Waals surface area contributed by atoms with Crippen LogP contribution in [0.5, 0.6) is 5.75 Å². The van der Waals surface area contributed by atoms with Gasteiger partial charge in [-0.2, -0.15) is 0 Å². The molecule has 2 heteroatoms. The summed E-state index contributed by atoms with van der Waals surface area (Å²) >= 11 is 0. The first-order chi connectivity index (χ1) is 9.35. The Morgan fingerprint density at radius 1 is 0.947 bits per heavy atom. The number of methoxy groups -OCH3 is 1. The normalized spacial score (nSPS) is 11.2. The summed E-state index contributed by atoms with van der Waals surface area (Å²) < 4.78 is 10.9. The third-order valence-corrected chi connectivity index (χ3v) is 2.98. The molecule has 0 aliphatic heterocycles. The average Bonchev–Trinajstić information content (AvgIpc) is 2.88. The van der Waals surface area contributed by atoms with Gasteiger partial charge in [-0.05, 0) is 35.9 Å². The third-order valence-electron chi connectivity index (χ3n) is 2.98. The van der Waals surface area contributed by atoms with Gasteiger partial charge in [0, 0.05) is 5.39 Å². The van der Waals surface area contributed by atoms with Crippen LogP contribution in [-0.2, 0) is 0 Å². The number of hydrogen-bond acceptors (Lipinski definition) is 2. The average molecular weight is 250 g/mol. The lowest BCUT2D eigenvalue weighted by Crippen LogP contribution is -1.79. The van der Waals surface area contributed by atoms with Crippen LogP contribution in [0, 0.1) is 0 Å². The van der Waals surface area contributed by atoms with Crippen LogP contribution < -0.4 is 4.74 Å². The van der Waals surface area contributed by atoms with Gasteiger partial charge in [-0.3, -0.25) is 0 Å². The summed E-state index contributed by atoms with van der Waals surface area (Å²) in [7, 11) is 1.66. The highest BCUT2D eigenvalue weighted by Crippen LogP contribution is 2.25. The molecule has 0 N–H and O–H groups in total. The number of hydrogen-bond donors (Lipinski definition) is 0. The van der Waals surface area contributed by atoms with Crippen molar-refractivity contribution in [3.8, 4) is 5.75 Å². The highest BCUT2D eigenvalue weighted by atomic mass is 16.5. The number of benzene rings is 2. The summed E-state index contributed by atoms with van der Waals surface area (Å²) in [6.45, 7) is 0. The van der Waals surface area contributed by atoms with E-state index in [2.05, 4.69) is 12.1 Å². The summed E-state index contributed by atoms with van der Waals surface area (Å²) in [5.74, 6) is 1.68. The van der Waals surface area contributed by atoms with Crippen molar-refractivity contribution in [2.75, 3.05) is 7.11 Å². The zero-order valence-electron chi connectivity index (χ0n) is 10.7. The van der Waals surface area contributed by atoms with Gasteiger partial charge < -0.3 is 9.15 Å².